The quantitative estimate of drug-likeness (QED) is 0.819. The van der Waals surface area contributed by atoms with Gasteiger partial charge in [-0.05, 0) is 44.4 Å². The maximum atomic E-state index is 12.3. The molecule has 0 unspecified atom stereocenters. The van der Waals surface area contributed by atoms with Crippen LogP contribution in [0.3, 0.4) is 0 Å². The summed E-state index contributed by atoms with van der Waals surface area (Å²) >= 11 is 1.43. The number of phenolic OH excluding ortho intramolecular Hbond substituents is 1. The summed E-state index contributed by atoms with van der Waals surface area (Å²) in [5.41, 5.74) is 2.16. The smallest absolute Gasteiger partial charge is 0.267 e. The molecular formula is C16H20N2O2S. The molecule has 0 atom stereocenters. The zero-order valence-electron chi connectivity index (χ0n) is 12.6. The SMILES string of the molecule is CCCCc1nc(C)c(C(=O)Nc2cc(C)ccc2O)s1. The Morgan fingerprint density at radius 3 is 2.86 bits per heavy atom. The average Bonchev–Trinajstić information content (AvgIpc) is 2.82. The highest BCUT2D eigenvalue weighted by atomic mass is 32.1. The van der Waals surface area contributed by atoms with Crippen LogP contribution in [0.25, 0.3) is 0 Å². The first-order valence-corrected chi connectivity index (χ1v) is 7.90. The summed E-state index contributed by atoms with van der Waals surface area (Å²) < 4.78 is 0. The van der Waals surface area contributed by atoms with Gasteiger partial charge in [0, 0.05) is 0 Å². The van der Waals surface area contributed by atoms with E-state index in [1.165, 1.54) is 11.3 Å². The van der Waals surface area contributed by atoms with Crippen LogP contribution in [0, 0.1) is 13.8 Å². The minimum Gasteiger partial charge on any atom is -0.506 e. The van der Waals surface area contributed by atoms with Crippen molar-refractivity contribution in [2.75, 3.05) is 5.32 Å². The number of aromatic hydroxyl groups is 1. The van der Waals surface area contributed by atoms with Crippen molar-refractivity contribution < 1.29 is 9.90 Å². The van der Waals surface area contributed by atoms with Crippen LogP contribution in [-0.2, 0) is 6.42 Å². The normalized spacial score (nSPS) is 10.6. The number of rotatable bonds is 5. The summed E-state index contributed by atoms with van der Waals surface area (Å²) in [6.07, 6.45) is 3.09. The predicted octanol–water partition coefficient (Wildman–Crippen LogP) is 4.06. The number of carbonyl (C=O) groups excluding carboxylic acids is 1. The number of thiazole rings is 1. The van der Waals surface area contributed by atoms with Crippen LogP contribution in [0.2, 0.25) is 0 Å². The lowest BCUT2D eigenvalue weighted by atomic mass is 10.2. The Labute approximate surface area is 128 Å². The number of carbonyl (C=O) groups is 1. The molecule has 0 aliphatic carbocycles. The Morgan fingerprint density at radius 2 is 2.14 bits per heavy atom. The number of nitrogens with zero attached hydrogens (tertiary/aromatic N) is 1. The lowest BCUT2D eigenvalue weighted by Crippen LogP contribution is -2.11. The van der Waals surface area contributed by atoms with E-state index < -0.39 is 0 Å². The van der Waals surface area contributed by atoms with Gasteiger partial charge in [0.1, 0.15) is 10.6 Å². The van der Waals surface area contributed by atoms with E-state index in [-0.39, 0.29) is 11.7 Å². The molecule has 2 N–H and O–H groups in total. The molecule has 2 rings (SSSR count). The molecule has 0 fully saturated rings. The third-order valence-electron chi connectivity index (χ3n) is 3.19. The molecule has 5 heteroatoms. The topological polar surface area (TPSA) is 62.2 Å². The molecule has 0 radical (unpaired) electrons. The number of hydrogen-bond donors (Lipinski definition) is 2. The average molecular weight is 304 g/mol. The number of benzene rings is 1. The van der Waals surface area contributed by atoms with Crippen molar-refractivity contribution in [3.8, 4) is 5.75 Å². The molecule has 4 nitrogen and oxygen atoms in total. The summed E-state index contributed by atoms with van der Waals surface area (Å²) in [5.74, 6) is -0.143. The highest BCUT2D eigenvalue weighted by Crippen LogP contribution is 2.26. The molecule has 0 aliphatic rings. The van der Waals surface area contributed by atoms with Crippen LogP contribution in [0.4, 0.5) is 5.69 Å². The van der Waals surface area contributed by atoms with Gasteiger partial charge in [0.15, 0.2) is 0 Å². The van der Waals surface area contributed by atoms with Gasteiger partial charge >= 0.3 is 0 Å². The van der Waals surface area contributed by atoms with Gasteiger partial charge in [-0.15, -0.1) is 11.3 Å². The fourth-order valence-electron chi connectivity index (χ4n) is 2.03. The molecule has 1 aromatic heterocycles. The number of amides is 1. The van der Waals surface area contributed by atoms with Crippen LogP contribution in [0.5, 0.6) is 5.75 Å². The largest absolute Gasteiger partial charge is 0.506 e. The third-order valence-corrected chi connectivity index (χ3v) is 4.41. The summed E-state index contributed by atoms with van der Waals surface area (Å²) in [6.45, 7) is 5.89. The second kappa shape index (κ2) is 6.72. The van der Waals surface area contributed by atoms with Crippen molar-refractivity contribution in [2.45, 2.75) is 40.0 Å². The Kier molecular flexibility index (Phi) is 4.96. The standard InChI is InChI=1S/C16H20N2O2S/c1-4-5-6-14-17-11(3)15(21-14)16(20)18-12-9-10(2)7-8-13(12)19/h7-9,19H,4-6H2,1-3H3,(H,18,20). The maximum Gasteiger partial charge on any atom is 0.267 e. The number of unbranched alkanes of at least 4 members (excludes halogenated alkanes) is 1. The lowest BCUT2D eigenvalue weighted by Gasteiger charge is -2.07. The van der Waals surface area contributed by atoms with E-state index in [1.54, 1.807) is 18.2 Å². The maximum absolute atomic E-state index is 12.3. The molecule has 0 aliphatic heterocycles. The fourth-order valence-corrected chi connectivity index (χ4v) is 3.03. The van der Waals surface area contributed by atoms with Crippen molar-refractivity contribution >= 4 is 22.9 Å². The minimum atomic E-state index is -0.214. The van der Waals surface area contributed by atoms with E-state index in [0.717, 1.165) is 35.5 Å². The summed E-state index contributed by atoms with van der Waals surface area (Å²) in [4.78, 5) is 17.4. The minimum absolute atomic E-state index is 0.0716. The molecule has 1 heterocycles. The molecule has 1 aromatic carbocycles. The van der Waals surface area contributed by atoms with Gasteiger partial charge in [-0.3, -0.25) is 4.79 Å². The third kappa shape index (κ3) is 3.82. The Balaban J connectivity index is 2.16. The molecule has 0 spiro atoms. The van der Waals surface area contributed by atoms with Crippen LogP contribution < -0.4 is 5.32 Å². The van der Waals surface area contributed by atoms with Gasteiger partial charge in [-0.25, -0.2) is 4.98 Å². The first kappa shape index (κ1) is 15.5. The number of phenols is 1. The Hall–Kier alpha value is -1.88. The lowest BCUT2D eigenvalue weighted by molar-refractivity contribution is 0.102. The molecule has 0 bridgehead atoms. The van der Waals surface area contributed by atoms with Crippen molar-refractivity contribution in [1.29, 1.82) is 0 Å². The zero-order valence-corrected chi connectivity index (χ0v) is 13.4. The number of nitrogens with one attached hydrogen (secondary N) is 1. The first-order valence-electron chi connectivity index (χ1n) is 7.08. The highest BCUT2D eigenvalue weighted by molar-refractivity contribution is 7.13. The van der Waals surface area contributed by atoms with Gasteiger partial charge < -0.3 is 10.4 Å². The van der Waals surface area contributed by atoms with E-state index >= 15 is 0 Å². The molecule has 0 saturated carbocycles. The van der Waals surface area contributed by atoms with Gasteiger partial charge in [0.2, 0.25) is 0 Å². The summed E-state index contributed by atoms with van der Waals surface area (Å²) in [6, 6.07) is 5.13. The molecule has 0 saturated heterocycles. The van der Waals surface area contributed by atoms with Crippen LogP contribution in [0.15, 0.2) is 18.2 Å². The first-order chi connectivity index (χ1) is 10.0. The number of hydrogen-bond acceptors (Lipinski definition) is 4. The molecule has 21 heavy (non-hydrogen) atoms. The number of aromatic nitrogens is 1. The molecular weight excluding hydrogens is 284 g/mol. The second-order valence-electron chi connectivity index (χ2n) is 5.10. The molecule has 1 amide bonds. The van der Waals surface area contributed by atoms with Crippen molar-refractivity contribution in [3.05, 3.63) is 39.3 Å². The van der Waals surface area contributed by atoms with Crippen molar-refractivity contribution in [3.63, 3.8) is 0 Å². The molecule has 112 valence electrons. The second-order valence-corrected chi connectivity index (χ2v) is 6.18. The van der Waals surface area contributed by atoms with Gasteiger partial charge in [-0.1, -0.05) is 19.4 Å². The summed E-state index contributed by atoms with van der Waals surface area (Å²) in [7, 11) is 0. The van der Waals surface area contributed by atoms with Gasteiger partial charge in [0.25, 0.3) is 5.91 Å². The van der Waals surface area contributed by atoms with E-state index in [0.29, 0.717) is 10.6 Å². The number of anilines is 1. The van der Waals surface area contributed by atoms with Gasteiger partial charge in [0.05, 0.1) is 16.4 Å². The van der Waals surface area contributed by atoms with E-state index in [4.69, 9.17) is 0 Å². The predicted molar refractivity (Wildman–Crippen MR) is 86.3 cm³/mol. The summed E-state index contributed by atoms with van der Waals surface area (Å²) in [5, 5.41) is 13.5. The van der Waals surface area contributed by atoms with Crippen LogP contribution in [-0.4, -0.2) is 16.0 Å². The van der Waals surface area contributed by atoms with Crippen molar-refractivity contribution in [2.24, 2.45) is 0 Å². The van der Waals surface area contributed by atoms with Gasteiger partial charge in [-0.2, -0.15) is 0 Å². The molecule has 2 aromatic rings. The van der Waals surface area contributed by atoms with Crippen molar-refractivity contribution in [1.82, 2.24) is 4.98 Å². The Bertz CT molecular complexity index is 650. The number of aryl methyl sites for hydroxylation is 3. The highest BCUT2D eigenvalue weighted by Gasteiger charge is 2.16. The monoisotopic (exact) mass is 304 g/mol. The van der Waals surface area contributed by atoms with Crippen LogP contribution in [0.1, 0.15) is 45.7 Å². The zero-order chi connectivity index (χ0) is 15.4. The van der Waals surface area contributed by atoms with E-state index in [9.17, 15) is 9.90 Å². The Morgan fingerprint density at radius 1 is 1.38 bits per heavy atom. The van der Waals surface area contributed by atoms with Crippen LogP contribution >= 0.6 is 11.3 Å². The van der Waals surface area contributed by atoms with E-state index in [2.05, 4.69) is 17.2 Å². The van der Waals surface area contributed by atoms with E-state index in [1.807, 2.05) is 13.8 Å². The fraction of sp³-hybridized carbons (Fsp3) is 0.375.